The molecule has 0 radical (unpaired) electrons. The average Bonchev–Trinajstić information content (AvgIpc) is 2.79. The van der Waals surface area contributed by atoms with Gasteiger partial charge in [0.25, 0.3) is 0 Å². The van der Waals surface area contributed by atoms with Crippen molar-refractivity contribution in [2.45, 2.75) is 65.0 Å². The van der Waals surface area contributed by atoms with E-state index in [1.54, 1.807) is 0 Å². The molecule has 110 valence electrons. The summed E-state index contributed by atoms with van der Waals surface area (Å²) in [5.41, 5.74) is 2.19. The van der Waals surface area contributed by atoms with Gasteiger partial charge in [-0.05, 0) is 31.4 Å². The molecule has 0 fully saturated rings. The molecule has 0 spiro atoms. The van der Waals surface area contributed by atoms with Gasteiger partial charge in [0.15, 0.2) is 0 Å². The van der Waals surface area contributed by atoms with E-state index in [1.165, 1.54) is 0 Å². The minimum absolute atomic E-state index is 0.129. The van der Waals surface area contributed by atoms with Crippen molar-refractivity contribution >= 4 is 11.0 Å². The van der Waals surface area contributed by atoms with Crippen LogP contribution in [0.5, 0.6) is 0 Å². The van der Waals surface area contributed by atoms with Gasteiger partial charge in [0.2, 0.25) is 0 Å². The Morgan fingerprint density at radius 3 is 2.55 bits per heavy atom. The van der Waals surface area contributed by atoms with Crippen LogP contribution in [0.25, 0.3) is 11.0 Å². The smallest absolute Gasteiger partial charge is 0.110 e. The number of hydrogen-bond acceptors (Lipinski definition) is 2. The van der Waals surface area contributed by atoms with Crippen molar-refractivity contribution < 1.29 is 5.11 Å². The summed E-state index contributed by atoms with van der Waals surface area (Å²) < 4.78 is 2.28. The minimum atomic E-state index is -0.293. The van der Waals surface area contributed by atoms with E-state index in [2.05, 4.69) is 43.5 Å². The second-order valence-corrected chi connectivity index (χ2v) is 5.47. The third-order valence-corrected chi connectivity index (χ3v) is 3.92. The third kappa shape index (κ3) is 2.88. The molecule has 1 heterocycles. The first kappa shape index (κ1) is 15.0. The number of aryl methyl sites for hydroxylation is 1. The van der Waals surface area contributed by atoms with E-state index in [1.807, 2.05) is 6.07 Å². The Labute approximate surface area is 121 Å². The van der Waals surface area contributed by atoms with Gasteiger partial charge in [-0.3, -0.25) is 0 Å². The van der Waals surface area contributed by atoms with E-state index >= 15 is 0 Å². The van der Waals surface area contributed by atoms with E-state index in [4.69, 9.17) is 4.98 Å². The molecule has 3 heteroatoms. The van der Waals surface area contributed by atoms with Crippen molar-refractivity contribution in [1.29, 1.82) is 0 Å². The second kappa shape index (κ2) is 6.89. The standard InChI is InChI=1S/C17H26N2O/c1-4-9-16(20)14(6-3)19-15-12-8-7-11-13(15)18-17(19)10-5-2/h7-8,11-12,14,16,20H,4-6,9-10H2,1-3H3. The fourth-order valence-electron chi connectivity index (χ4n) is 2.98. The molecule has 3 nitrogen and oxygen atoms in total. The van der Waals surface area contributed by atoms with Crippen molar-refractivity contribution in [1.82, 2.24) is 9.55 Å². The predicted octanol–water partition coefficient (Wildman–Crippen LogP) is 4.10. The first-order valence-corrected chi connectivity index (χ1v) is 7.86. The molecule has 1 aromatic heterocycles. The van der Waals surface area contributed by atoms with E-state index in [9.17, 15) is 5.11 Å². The van der Waals surface area contributed by atoms with Crippen molar-refractivity contribution in [2.24, 2.45) is 0 Å². The molecule has 0 saturated carbocycles. The molecule has 0 aliphatic rings. The van der Waals surface area contributed by atoms with E-state index in [-0.39, 0.29) is 12.1 Å². The molecule has 2 unspecified atom stereocenters. The highest BCUT2D eigenvalue weighted by Crippen LogP contribution is 2.28. The quantitative estimate of drug-likeness (QED) is 0.825. The first-order chi connectivity index (χ1) is 9.72. The van der Waals surface area contributed by atoms with Crippen LogP contribution in [-0.2, 0) is 6.42 Å². The number of aliphatic hydroxyl groups is 1. The first-order valence-electron chi connectivity index (χ1n) is 7.86. The number of imidazole rings is 1. The van der Waals surface area contributed by atoms with Crippen molar-refractivity contribution in [3.8, 4) is 0 Å². The number of benzene rings is 1. The number of hydrogen-bond donors (Lipinski definition) is 1. The summed E-state index contributed by atoms with van der Waals surface area (Å²) in [5, 5.41) is 10.5. The Morgan fingerprint density at radius 2 is 1.90 bits per heavy atom. The van der Waals surface area contributed by atoms with Crippen LogP contribution < -0.4 is 0 Å². The van der Waals surface area contributed by atoms with Gasteiger partial charge in [0.1, 0.15) is 5.82 Å². The van der Waals surface area contributed by atoms with Gasteiger partial charge in [0, 0.05) is 6.42 Å². The summed E-state index contributed by atoms with van der Waals surface area (Å²) in [5.74, 6) is 1.11. The normalized spacial score (nSPS) is 14.6. The molecule has 0 saturated heterocycles. The molecule has 1 N–H and O–H groups in total. The van der Waals surface area contributed by atoms with Crippen LogP contribution in [0.4, 0.5) is 0 Å². The maximum absolute atomic E-state index is 10.5. The summed E-state index contributed by atoms with van der Waals surface area (Å²) in [6, 6.07) is 8.38. The summed E-state index contributed by atoms with van der Waals surface area (Å²) in [6.07, 6.45) is 4.52. The second-order valence-electron chi connectivity index (χ2n) is 5.47. The number of aromatic nitrogens is 2. The largest absolute Gasteiger partial charge is 0.391 e. The van der Waals surface area contributed by atoms with Crippen LogP contribution in [0.2, 0.25) is 0 Å². The van der Waals surface area contributed by atoms with Crippen LogP contribution in [0.3, 0.4) is 0 Å². The lowest BCUT2D eigenvalue weighted by Gasteiger charge is -2.25. The lowest BCUT2D eigenvalue weighted by Crippen LogP contribution is -2.25. The Hall–Kier alpha value is -1.35. The van der Waals surface area contributed by atoms with Gasteiger partial charge in [-0.15, -0.1) is 0 Å². The van der Waals surface area contributed by atoms with Crippen molar-refractivity contribution in [3.05, 3.63) is 30.1 Å². The van der Waals surface area contributed by atoms with Gasteiger partial charge in [-0.1, -0.05) is 39.3 Å². The zero-order valence-electron chi connectivity index (χ0n) is 12.8. The van der Waals surface area contributed by atoms with Crippen molar-refractivity contribution in [3.63, 3.8) is 0 Å². The molecule has 0 bridgehead atoms. The molecule has 20 heavy (non-hydrogen) atoms. The van der Waals surface area contributed by atoms with Crippen molar-refractivity contribution in [2.75, 3.05) is 0 Å². The highest BCUT2D eigenvalue weighted by molar-refractivity contribution is 5.76. The van der Waals surface area contributed by atoms with Gasteiger partial charge in [-0.2, -0.15) is 0 Å². The topological polar surface area (TPSA) is 38.0 Å². The molecule has 2 aromatic rings. The number of aliphatic hydroxyl groups excluding tert-OH is 1. The van der Waals surface area contributed by atoms with Crippen LogP contribution >= 0.6 is 0 Å². The van der Waals surface area contributed by atoms with E-state index < -0.39 is 0 Å². The summed E-state index contributed by atoms with van der Waals surface area (Å²) >= 11 is 0. The number of para-hydroxylation sites is 2. The van der Waals surface area contributed by atoms with E-state index in [0.717, 1.165) is 49.0 Å². The zero-order valence-corrected chi connectivity index (χ0v) is 12.8. The van der Waals surface area contributed by atoms with Crippen LogP contribution in [-0.4, -0.2) is 20.8 Å². The SMILES string of the molecule is CCCc1nc2ccccc2n1C(CC)C(O)CCC. The number of fused-ring (bicyclic) bond motifs is 1. The van der Waals surface area contributed by atoms with Gasteiger partial charge < -0.3 is 9.67 Å². The maximum atomic E-state index is 10.5. The fourth-order valence-corrected chi connectivity index (χ4v) is 2.98. The lowest BCUT2D eigenvalue weighted by molar-refractivity contribution is 0.101. The van der Waals surface area contributed by atoms with Gasteiger partial charge in [-0.25, -0.2) is 4.98 Å². The zero-order chi connectivity index (χ0) is 14.5. The summed E-state index contributed by atoms with van der Waals surface area (Å²) in [7, 11) is 0. The highest BCUT2D eigenvalue weighted by Gasteiger charge is 2.23. The Kier molecular flexibility index (Phi) is 5.18. The molecule has 2 rings (SSSR count). The van der Waals surface area contributed by atoms with Crippen LogP contribution in [0.15, 0.2) is 24.3 Å². The average molecular weight is 274 g/mol. The lowest BCUT2D eigenvalue weighted by atomic mass is 10.0. The number of rotatable bonds is 7. The fraction of sp³-hybridized carbons (Fsp3) is 0.588. The summed E-state index contributed by atoms with van der Waals surface area (Å²) in [6.45, 7) is 6.44. The molecule has 0 amide bonds. The monoisotopic (exact) mass is 274 g/mol. The Bertz CT molecular complexity index is 547. The Morgan fingerprint density at radius 1 is 1.15 bits per heavy atom. The third-order valence-electron chi connectivity index (χ3n) is 3.92. The van der Waals surface area contributed by atoms with E-state index in [0.29, 0.717) is 0 Å². The molecule has 0 aliphatic heterocycles. The maximum Gasteiger partial charge on any atom is 0.110 e. The predicted molar refractivity (Wildman–Crippen MR) is 84.0 cm³/mol. The highest BCUT2D eigenvalue weighted by atomic mass is 16.3. The van der Waals surface area contributed by atoms with Crippen LogP contribution in [0.1, 0.15) is 58.3 Å². The Balaban J connectivity index is 2.50. The number of nitrogens with zero attached hydrogens (tertiary/aromatic N) is 2. The molecular formula is C17H26N2O. The minimum Gasteiger partial charge on any atom is -0.391 e. The molecule has 0 aliphatic carbocycles. The van der Waals surface area contributed by atoms with Crippen LogP contribution in [0, 0.1) is 0 Å². The summed E-state index contributed by atoms with van der Waals surface area (Å²) in [4.78, 5) is 4.77. The van der Waals surface area contributed by atoms with Gasteiger partial charge in [0.05, 0.1) is 23.2 Å². The molecule has 1 aromatic carbocycles. The molecule has 2 atom stereocenters. The molecular weight excluding hydrogens is 248 g/mol. The van der Waals surface area contributed by atoms with Gasteiger partial charge >= 0.3 is 0 Å².